The van der Waals surface area contributed by atoms with E-state index in [-0.39, 0.29) is 22.9 Å². The maximum atomic E-state index is 12.1. The van der Waals surface area contributed by atoms with E-state index in [4.69, 9.17) is 0 Å². The fourth-order valence-corrected chi connectivity index (χ4v) is 3.97. The van der Waals surface area contributed by atoms with Crippen molar-refractivity contribution < 1.29 is 13.2 Å². The van der Waals surface area contributed by atoms with Gasteiger partial charge in [0.15, 0.2) is 0 Å². The second-order valence-corrected chi connectivity index (χ2v) is 7.76. The molecule has 4 nitrogen and oxygen atoms in total. The molecule has 0 aromatic heterocycles. The Balaban J connectivity index is 2.75. The standard InChI is InChI=1S/C11H21NO3S/c1-9-7-12(6-5-10(9)13)16(14,15)8-11(2,3)4/h9H,5-8H2,1-4H3. The van der Waals surface area contributed by atoms with Crippen molar-refractivity contribution >= 4 is 15.8 Å². The third-order valence-electron chi connectivity index (χ3n) is 2.64. The lowest BCUT2D eigenvalue weighted by Gasteiger charge is -2.31. The van der Waals surface area contributed by atoms with E-state index < -0.39 is 10.0 Å². The molecule has 1 aliphatic heterocycles. The van der Waals surface area contributed by atoms with Crippen molar-refractivity contribution in [2.75, 3.05) is 18.8 Å². The van der Waals surface area contributed by atoms with E-state index in [9.17, 15) is 13.2 Å². The molecule has 16 heavy (non-hydrogen) atoms. The Labute approximate surface area is 98.1 Å². The predicted octanol–water partition coefficient (Wildman–Crippen LogP) is 1.27. The van der Waals surface area contributed by atoms with Crippen LogP contribution >= 0.6 is 0 Å². The van der Waals surface area contributed by atoms with Crippen LogP contribution in [0.25, 0.3) is 0 Å². The van der Waals surface area contributed by atoms with E-state index in [1.165, 1.54) is 4.31 Å². The Morgan fingerprint density at radius 2 is 1.94 bits per heavy atom. The molecule has 0 saturated carbocycles. The Morgan fingerprint density at radius 1 is 1.38 bits per heavy atom. The second-order valence-electron chi connectivity index (χ2n) is 5.79. The smallest absolute Gasteiger partial charge is 0.214 e. The van der Waals surface area contributed by atoms with Gasteiger partial charge in [0.05, 0.1) is 5.75 Å². The minimum absolute atomic E-state index is 0.140. The van der Waals surface area contributed by atoms with Crippen molar-refractivity contribution in [3.05, 3.63) is 0 Å². The predicted molar refractivity (Wildman–Crippen MR) is 63.6 cm³/mol. The third kappa shape index (κ3) is 3.56. The molecular weight excluding hydrogens is 226 g/mol. The number of piperidine rings is 1. The highest BCUT2D eigenvalue weighted by atomic mass is 32.2. The lowest BCUT2D eigenvalue weighted by Crippen LogP contribution is -2.45. The van der Waals surface area contributed by atoms with Crippen LogP contribution in [0.4, 0.5) is 0 Å². The fraction of sp³-hybridized carbons (Fsp3) is 0.909. The van der Waals surface area contributed by atoms with Crippen molar-refractivity contribution in [3.63, 3.8) is 0 Å². The number of nitrogens with zero attached hydrogens (tertiary/aromatic N) is 1. The zero-order valence-electron chi connectivity index (χ0n) is 10.5. The molecule has 1 fully saturated rings. The van der Waals surface area contributed by atoms with Gasteiger partial charge in [0.25, 0.3) is 0 Å². The summed E-state index contributed by atoms with van der Waals surface area (Å²) in [5.41, 5.74) is -0.247. The second kappa shape index (κ2) is 4.45. The normalized spacial score (nSPS) is 24.8. The quantitative estimate of drug-likeness (QED) is 0.738. The van der Waals surface area contributed by atoms with Crippen LogP contribution in [0.1, 0.15) is 34.1 Å². The minimum atomic E-state index is -3.22. The molecule has 0 aromatic carbocycles. The third-order valence-corrected chi connectivity index (χ3v) is 4.99. The largest absolute Gasteiger partial charge is 0.299 e. The summed E-state index contributed by atoms with van der Waals surface area (Å²) in [4.78, 5) is 11.3. The van der Waals surface area contributed by atoms with Crippen LogP contribution in [0.3, 0.4) is 0 Å². The van der Waals surface area contributed by atoms with Crippen LogP contribution in [-0.4, -0.2) is 37.3 Å². The van der Waals surface area contributed by atoms with Crippen molar-refractivity contribution in [1.82, 2.24) is 4.31 Å². The van der Waals surface area contributed by atoms with Crippen LogP contribution in [-0.2, 0) is 14.8 Å². The molecule has 1 atom stereocenters. The van der Waals surface area contributed by atoms with Gasteiger partial charge in [-0.2, -0.15) is 0 Å². The number of hydrogen-bond donors (Lipinski definition) is 0. The SMILES string of the molecule is CC1CN(S(=O)(=O)CC(C)(C)C)CCC1=O. The Kier molecular flexibility index (Phi) is 3.80. The molecule has 94 valence electrons. The van der Waals surface area contributed by atoms with E-state index >= 15 is 0 Å². The highest BCUT2D eigenvalue weighted by Crippen LogP contribution is 2.22. The highest BCUT2D eigenvalue weighted by Gasteiger charge is 2.33. The van der Waals surface area contributed by atoms with Gasteiger partial charge in [-0.3, -0.25) is 4.79 Å². The van der Waals surface area contributed by atoms with Crippen LogP contribution < -0.4 is 0 Å². The number of sulfonamides is 1. The van der Waals surface area contributed by atoms with E-state index in [1.54, 1.807) is 6.92 Å². The molecule has 1 heterocycles. The minimum Gasteiger partial charge on any atom is -0.299 e. The number of Topliss-reactive ketones (excluding diaryl/α,β-unsaturated/α-hetero) is 1. The molecule has 1 saturated heterocycles. The van der Waals surface area contributed by atoms with E-state index in [0.717, 1.165) is 0 Å². The summed E-state index contributed by atoms with van der Waals surface area (Å²) in [5.74, 6) is 0.145. The Morgan fingerprint density at radius 3 is 2.38 bits per heavy atom. The molecule has 0 aliphatic carbocycles. The van der Waals surface area contributed by atoms with Crippen LogP contribution in [0, 0.1) is 11.3 Å². The summed E-state index contributed by atoms with van der Waals surface area (Å²) in [6, 6.07) is 0. The van der Waals surface area contributed by atoms with Gasteiger partial charge in [-0.15, -0.1) is 0 Å². The molecule has 0 spiro atoms. The summed E-state index contributed by atoms with van der Waals surface area (Å²) in [5, 5.41) is 0. The summed E-state index contributed by atoms with van der Waals surface area (Å²) >= 11 is 0. The summed E-state index contributed by atoms with van der Waals surface area (Å²) < 4.78 is 25.6. The lowest BCUT2D eigenvalue weighted by molar-refractivity contribution is -0.124. The van der Waals surface area contributed by atoms with Gasteiger partial charge in [-0.25, -0.2) is 12.7 Å². The molecule has 1 rings (SSSR count). The summed E-state index contributed by atoms with van der Waals surface area (Å²) in [6.07, 6.45) is 0.352. The molecule has 0 amide bonds. The molecule has 5 heteroatoms. The van der Waals surface area contributed by atoms with Crippen molar-refractivity contribution in [2.45, 2.75) is 34.1 Å². The maximum Gasteiger partial charge on any atom is 0.214 e. The van der Waals surface area contributed by atoms with Crippen LogP contribution in [0.5, 0.6) is 0 Å². The van der Waals surface area contributed by atoms with Crippen molar-refractivity contribution in [1.29, 1.82) is 0 Å². The molecular formula is C11H21NO3S. The number of rotatable bonds is 2. The number of carbonyl (C=O) groups excluding carboxylic acids is 1. The molecule has 0 bridgehead atoms. The summed E-state index contributed by atoms with van der Waals surface area (Å²) in [7, 11) is -3.22. The molecule has 1 aliphatic rings. The van der Waals surface area contributed by atoms with Gasteiger partial charge >= 0.3 is 0 Å². The molecule has 0 N–H and O–H groups in total. The first kappa shape index (κ1) is 13.6. The molecule has 0 radical (unpaired) electrons. The number of carbonyl (C=O) groups is 1. The monoisotopic (exact) mass is 247 g/mol. The zero-order chi connectivity index (χ0) is 12.6. The maximum absolute atomic E-state index is 12.1. The summed E-state index contributed by atoms with van der Waals surface area (Å²) in [6.45, 7) is 8.20. The number of hydrogen-bond acceptors (Lipinski definition) is 3. The Hall–Kier alpha value is -0.420. The first-order valence-corrected chi connectivity index (χ1v) is 7.23. The van der Waals surface area contributed by atoms with E-state index in [2.05, 4.69) is 0 Å². The van der Waals surface area contributed by atoms with E-state index in [0.29, 0.717) is 19.5 Å². The van der Waals surface area contributed by atoms with Crippen molar-refractivity contribution in [3.8, 4) is 0 Å². The van der Waals surface area contributed by atoms with E-state index in [1.807, 2.05) is 20.8 Å². The average Bonchev–Trinajstić information content (AvgIpc) is 2.05. The Bertz CT molecular complexity index is 367. The molecule has 0 aromatic rings. The van der Waals surface area contributed by atoms with Gasteiger partial charge in [-0.1, -0.05) is 27.7 Å². The van der Waals surface area contributed by atoms with Gasteiger partial charge in [0, 0.05) is 25.4 Å². The van der Waals surface area contributed by atoms with Crippen LogP contribution in [0.2, 0.25) is 0 Å². The fourth-order valence-electron chi connectivity index (χ4n) is 1.87. The number of ketones is 1. The topological polar surface area (TPSA) is 54.5 Å². The van der Waals surface area contributed by atoms with Crippen LogP contribution in [0.15, 0.2) is 0 Å². The lowest BCUT2D eigenvalue weighted by atomic mass is 10.0. The van der Waals surface area contributed by atoms with Crippen molar-refractivity contribution in [2.24, 2.45) is 11.3 Å². The van der Waals surface area contributed by atoms with Gasteiger partial charge < -0.3 is 0 Å². The van der Waals surface area contributed by atoms with Gasteiger partial charge in [0.1, 0.15) is 5.78 Å². The van der Waals surface area contributed by atoms with Gasteiger partial charge in [0.2, 0.25) is 10.0 Å². The first-order valence-electron chi connectivity index (χ1n) is 5.62. The average molecular weight is 247 g/mol. The highest BCUT2D eigenvalue weighted by molar-refractivity contribution is 7.89. The molecule has 1 unspecified atom stereocenters. The first-order chi connectivity index (χ1) is 7.12. The van der Waals surface area contributed by atoms with Gasteiger partial charge in [-0.05, 0) is 5.41 Å². The zero-order valence-corrected chi connectivity index (χ0v) is 11.3.